The van der Waals surface area contributed by atoms with Crippen molar-refractivity contribution >= 4 is 44.6 Å². The quantitative estimate of drug-likeness (QED) is 0.0920. The number of aryl methyl sites for hydroxylation is 1. The number of halogens is 2. The highest BCUT2D eigenvalue weighted by molar-refractivity contribution is 7.92. The number of nitrogen functional groups attached to an aromatic ring is 1. The van der Waals surface area contributed by atoms with Crippen molar-refractivity contribution in [1.82, 2.24) is 9.80 Å². The van der Waals surface area contributed by atoms with E-state index in [1.165, 1.54) is 94.7 Å². The lowest BCUT2D eigenvalue weighted by Crippen LogP contribution is -2.30. The molecule has 3 N–H and O–H groups in total. The zero-order valence-electron chi connectivity index (χ0n) is 35.4. The fraction of sp³-hybridized carbons (Fsp3) is 0.510. The molecule has 0 amide bonds. The topological polar surface area (TPSA) is 78.7 Å². The summed E-state index contributed by atoms with van der Waals surface area (Å²) < 4.78 is 28.3. The van der Waals surface area contributed by atoms with Gasteiger partial charge in [-0.15, -0.1) is 0 Å². The third kappa shape index (κ3) is 10.3. The van der Waals surface area contributed by atoms with Gasteiger partial charge in [0.05, 0.1) is 5.02 Å². The molecule has 58 heavy (non-hydrogen) atoms. The number of fused-ring (bicyclic) bond motifs is 2. The summed E-state index contributed by atoms with van der Waals surface area (Å²) in [5.74, 6) is 3.05. The molecule has 0 radical (unpaired) electrons. The maximum atomic E-state index is 12.8. The number of nitrogens with two attached hydrogens (primary N) is 1. The SMILES string of the molecule is CCCCCCN1CC2C(C1)C2(C)c1cccc(N)c1.CCCCCCN1CC2C(C1)C2(C)c1cccc(NS(=O)(=O)c2ccccc2Cl)c1.Cc1ccccc1Cl.[HH]. The lowest BCUT2D eigenvalue weighted by Gasteiger charge is -2.24. The van der Waals surface area contributed by atoms with Crippen molar-refractivity contribution in [1.29, 1.82) is 0 Å². The van der Waals surface area contributed by atoms with E-state index in [0.717, 1.165) is 41.2 Å². The van der Waals surface area contributed by atoms with E-state index in [4.69, 9.17) is 28.9 Å². The predicted octanol–water partition coefficient (Wildman–Crippen LogP) is 12.1. The van der Waals surface area contributed by atoms with Crippen molar-refractivity contribution in [3.05, 3.63) is 124 Å². The number of sulfonamides is 1. The predicted molar refractivity (Wildman–Crippen MR) is 248 cm³/mol. The van der Waals surface area contributed by atoms with Crippen LogP contribution in [0.2, 0.25) is 10.0 Å². The molecule has 2 saturated heterocycles. The summed E-state index contributed by atoms with van der Waals surface area (Å²) in [5, 5.41) is 1.07. The van der Waals surface area contributed by atoms with Gasteiger partial charge in [-0.05, 0) is 116 Å². The number of benzene rings is 4. The van der Waals surface area contributed by atoms with Crippen LogP contribution in [0.15, 0.2) is 102 Å². The summed E-state index contributed by atoms with van der Waals surface area (Å²) in [6.45, 7) is 18.7. The molecule has 0 bridgehead atoms. The normalized spacial score (nSPS) is 25.8. The lowest BCUT2D eigenvalue weighted by atomic mass is 9.92. The second-order valence-corrected chi connectivity index (χ2v) is 20.1. The lowest BCUT2D eigenvalue weighted by molar-refractivity contribution is 0.271. The molecule has 4 fully saturated rings. The van der Waals surface area contributed by atoms with Gasteiger partial charge in [0, 0.05) is 54.8 Å². The maximum Gasteiger partial charge on any atom is 0.263 e. The standard InChI is InChI=1S/C24H31ClN2O2S.C18H28N2.C7H7Cl.H2/c1-3-4-5-8-14-27-16-20-21(17-27)24(20,2)18-10-9-11-19(15-18)26-30(28,29)23-13-7-6-12-22(23)25;1-3-4-5-6-10-20-12-16-17(13-20)18(16,2)14-8-7-9-15(19)11-14;1-6-4-2-3-5-7(6)8;/h6-7,9-13,15,20-21,26H,3-5,8,14,16-17H2,1-2H3;7-9,11,16-17H,3-6,10,12-13,19H2,1-2H3;2-5H,1H3;1H. The number of nitrogens with one attached hydrogen (secondary N) is 1. The Kier molecular flexibility index (Phi) is 15.0. The Morgan fingerprint density at radius 2 is 1.14 bits per heavy atom. The van der Waals surface area contributed by atoms with Crippen molar-refractivity contribution < 1.29 is 9.84 Å². The van der Waals surface area contributed by atoms with E-state index in [9.17, 15) is 8.42 Å². The molecule has 316 valence electrons. The van der Waals surface area contributed by atoms with Crippen molar-refractivity contribution in [3.8, 4) is 0 Å². The molecule has 4 aromatic rings. The van der Waals surface area contributed by atoms with E-state index in [-0.39, 0.29) is 16.8 Å². The first-order valence-electron chi connectivity index (χ1n) is 21.7. The van der Waals surface area contributed by atoms with Crippen molar-refractivity contribution in [2.75, 3.05) is 49.7 Å². The molecule has 4 aliphatic rings. The van der Waals surface area contributed by atoms with Crippen molar-refractivity contribution in [3.63, 3.8) is 0 Å². The van der Waals surface area contributed by atoms with Gasteiger partial charge in [0.1, 0.15) is 4.90 Å². The molecular weight excluding hydrogens is 780 g/mol. The molecule has 0 aromatic heterocycles. The molecule has 2 heterocycles. The minimum absolute atomic E-state index is 0. The van der Waals surface area contributed by atoms with Gasteiger partial charge in [-0.1, -0.05) is 144 Å². The fourth-order valence-electron chi connectivity index (χ4n) is 9.89. The van der Waals surface area contributed by atoms with Gasteiger partial charge in [-0.3, -0.25) is 4.72 Å². The number of hydrogen-bond donors (Lipinski definition) is 2. The third-order valence-corrected chi connectivity index (χ3v) is 16.1. The van der Waals surface area contributed by atoms with Gasteiger partial charge in [-0.2, -0.15) is 0 Å². The largest absolute Gasteiger partial charge is 0.399 e. The van der Waals surface area contributed by atoms with Gasteiger partial charge >= 0.3 is 0 Å². The summed E-state index contributed by atoms with van der Waals surface area (Å²) in [7, 11) is -3.72. The Morgan fingerprint density at radius 1 is 0.655 bits per heavy atom. The first-order chi connectivity index (χ1) is 27.8. The van der Waals surface area contributed by atoms with Crippen LogP contribution in [0.1, 0.15) is 97.2 Å². The monoisotopic (exact) mass is 846 g/mol. The Balaban J connectivity index is 0.000000195. The molecule has 2 saturated carbocycles. The van der Waals surface area contributed by atoms with Crippen LogP contribution in [-0.2, 0) is 20.9 Å². The van der Waals surface area contributed by atoms with E-state index in [2.05, 4.69) is 66.5 Å². The van der Waals surface area contributed by atoms with Crippen molar-refractivity contribution in [2.45, 2.75) is 102 Å². The Hall–Kier alpha value is -3.07. The van der Waals surface area contributed by atoms with E-state index in [1.807, 2.05) is 49.4 Å². The number of rotatable bonds is 15. The van der Waals surface area contributed by atoms with Crippen LogP contribution >= 0.6 is 23.2 Å². The molecule has 8 rings (SSSR count). The molecule has 2 aliphatic heterocycles. The molecule has 4 atom stereocenters. The third-order valence-electron chi connectivity index (χ3n) is 13.8. The van der Waals surface area contributed by atoms with Gasteiger partial charge in [0.25, 0.3) is 10.0 Å². The number of piperidine rings is 2. The van der Waals surface area contributed by atoms with Crippen LogP contribution in [0.3, 0.4) is 0 Å². The summed E-state index contributed by atoms with van der Waals surface area (Å²) in [6.07, 6.45) is 10.7. The highest BCUT2D eigenvalue weighted by atomic mass is 35.5. The van der Waals surface area contributed by atoms with Gasteiger partial charge in [0.2, 0.25) is 0 Å². The molecule has 0 spiro atoms. The minimum atomic E-state index is -3.72. The summed E-state index contributed by atoms with van der Waals surface area (Å²) in [5.41, 5.74) is 11.8. The summed E-state index contributed by atoms with van der Waals surface area (Å²) in [6, 6.07) is 30.7. The second kappa shape index (κ2) is 19.5. The van der Waals surface area contributed by atoms with Gasteiger partial charge in [-0.25, -0.2) is 8.42 Å². The zero-order valence-corrected chi connectivity index (χ0v) is 37.7. The van der Waals surface area contributed by atoms with Gasteiger partial charge in [0.15, 0.2) is 0 Å². The molecular formula is C49H68Cl2N4O2S. The number of anilines is 2. The minimum Gasteiger partial charge on any atom is -0.399 e. The second-order valence-electron chi connectivity index (χ2n) is 17.6. The number of hydrogen-bond acceptors (Lipinski definition) is 5. The summed E-state index contributed by atoms with van der Waals surface area (Å²) in [4.78, 5) is 5.39. The summed E-state index contributed by atoms with van der Waals surface area (Å²) >= 11 is 11.8. The number of unbranched alkanes of at least 4 members (excludes halogenated alkanes) is 6. The van der Waals surface area contributed by atoms with E-state index in [1.54, 1.807) is 24.3 Å². The van der Waals surface area contributed by atoms with Crippen LogP contribution in [0, 0.1) is 30.6 Å². The highest BCUT2D eigenvalue weighted by Gasteiger charge is 2.66. The van der Waals surface area contributed by atoms with E-state index >= 15 is 0 Å². The van der Waals surface area contributed by atoms with Crippen LogP contribution in [-0.4, -0.2) is 57.5 Å². The fourth-order valence-corrected chi connectivity index (χ4v) is 11.6. The first-order valence-corrected chi connectivity index (χ1v) is 24.0. The molecule has 4 unspecified atom stereocenters. The Labute approximate surface area is 361 Å². The van der Waals surface area contributed by atoms with Crippen LogP contribution in [0.5, 0.6) is 0 Å². The molecule has 2 aliphatic carbocycles. The average Bonchev–Trinajstić information content (AvgIpc) is 3.67. The van der Waals surface area contributed by atoms with E-state index < -0.39 is 10.0 Å². The van der Waals surface area contributed by atoms with Gasteiger partial charge < -0.3 is 15.5 Å². The average molecular weight is 848 g/mol. The molecule has 6 nitrogen and oxygen atoms in total. The maximum absolute atomic E-state index is 12.8. The highest BCUT2D eigenvalue weighted by Crippen LogP contribution is 2.64. The first kappa shape index (κ1) is 44.5. The number of likely N-dealkylation sites (tertiary alicyclic amines) is 2. The Morgan fingerprint density at radius 3 is 1.60 bits per heavy atom. The van der Waals surface area contributed by atoms with Crippen LogP contribution in [0.25, 0.3) is 0 Å². The Bertz CT molecular complexity index is 2040. The van der Waals surface area contributed by atoms with E-state index in [0.29, 0.717) is 22.9 Å². The number of nitrogens with zero attached hydrogens (tertiary/aromatic N) is 2. The van der Waals surface area contributed by atoms with Crippen molar-refractivity contribution in [2.24, 2.45) is 23.7 Å². The van der Waals surface area contributed by atoms with Crippen LogP contribution < -0.4 is 10.5 Å². The van der Waals surface area contributed by atoms with Crippen LogP contribution in [0.4, 0.5) is 11.4 Å². The molecule has 4 aromatic carbocycles. The zero-order chi connectivity index (χ0) is 41.5. The molecule has 9 heteroatoms. The smallest absolute Gasteiger partial charge is 0.263 e.